The van der Waals surface area contributed by atoms with Crippen molar-refractivity contribution in [1.82, 2.24) is 9.97 Å². The highest BCUT2D eigenvalue weighted by atomic mass is 32.1. The van der Waals surface area contributed by atoms with Crippen LogP contribution in [-0.2, 0) is 17.8 Å². The number of fused-ring (bicyclic) bond motifs is 1. The van der Waals surface area contributed by atoms with E-state index in [9.17, 15) is 18.0 Å². The Labute approximate surface area is 116 Å². The van der Waals surface area contributed by atoms with E-state index in [1.165, 1.54) is 11.3 Å². The first-order valence-corrected chi connectivity index (χ1v) is 6.79. The van der Waals surface area contributed by atoms with Crippen molar-refractivity contribution in [2.24, 2.45) is 0 Å². The van der Waals surface area contributed by atoms with Gasteiger partial charge in [0.05, 0.1) is 5.39 Å². The first-order chi connectivity index (χ1) is 9.31. The zero-order chi connectivity index (χ0) is 14.9. The highest BCUT2D eigenvalue weighted by Gasteiger charge is 2.27. The number of rotatable bonds is 4. The van der Waals surface area contributed by atoms with Crippen molar-refractivity contribution in [1.29, 1.82) is 0 Å². The van der Waals surface area contributed by atoms with Crippen molar-refractivity contribution in [3.8, 4) is 0 Å². The van der Waals surface area contributed by atoms with Gasteiger partial charge < -0.3 is 9.72 Å². The summed E-state index contributed by atoms with van der Waals surface area (Å²) < 4.78 is 40.4. The number of aromatic amines is 1. The summed E-state index contributed by atoms with van der Waals surface area (Å²) in [4.78, 5) is 20.1. The molecule has 0 aliphatic heterocycles. The van der Waals surface area contributed by atoms with E-state index in [0.717, 1.165) is 10.4 Å². The Morgan fingerprint density at radius 2 is 2.10 bits per heavy atom. The van der Waals surface area contributed by atoms with Gasteiger partial charge in [-0.15, -0.1) is 11.3 Å². The summed E-state index contributed by atoms with van der Waals surface area (Å²) in [6.07, 6.45) is -3.68. The fourth-order valence-electron chi connectivity index (χ4n) is 1.98. The third kappa shape index (κ3) is 3.18. The summed E-state index contributed by atoms with van der Waals surface area (Å²) in [5, 5.41) is 0.523. The third-order valence-electron chi connectivity index (χ3n) is 2.77. The number of nitrogens with one attached hydrogen (secondary N) is 1. The number of ether oxygens (including phenoxy) is 1. The summed E-state index contributed by atoms with van der Waals surface area (Å²) >= 11 is 1.36. The second kappa shape index (κ2) is 5.53. The van der Waals surface area contributed by atoms with Crippen LogP contribution < -0.4 is 5.56 Å². The molecule has 0 fully saturated rings. The van der Waals surface area contributed by atoms with Crippen LogP contribution >= 0.6 is 11.3 Å². The summed E-state index contributed by atoms with van der Waals surface area (Å²) in [6, 6.07) is 0. The van der Waals surface area contributed by atoms with E-state index in [0.29, 0.717) is 16.6 Å². The van der Waals surface area contributed by atoms with Gasteiger partial charge in [-0.25, -0.2) is 4.98 Å². The molecule has 4 nitrogen and oxygen atoms in total. The Morgan fingerprint density at radius 1 is 1.40 bits per heavy atom. The van der Waals surface area contributed by atoms with E-state index in [1.807, 2.05) is 13.8 Å². The van der Waals surface area contributed by atoms with Gasteiger partial charge in [0.25, 0.3) is 5.56 Å². The number of aryl methyl sites for hydroxylation is 2. The molecule has 0 spiro atoms. The number of aromatic nitrogens is 2. The largest absolute Gasteiger partial charge is 0.411 e. The van der Waals surface area contributed by atoms with Crippen LogP contribution in [-0.4, -0.2) is 22.8 Å². The van der Waals surface area contributed by atoms with Gasteiger partial charge in [-0.3, -0.25) is 4.79 Å². The average molecular weight is 306 g/mol. The molecule has 0 atom stereocenters. The van der Waals surface area contributed by atoms with Gasteiger partial charge in [-0.2, -0.15) is 13.2 Å². The van der Waals surface area contributed by atoms with Crippen LogP contribution in [0.4, 0.5) is 13.2 Å². The molecule has 2 aromatic heterocycles. The van der Waals surface area contributed by atoms with Crippen LogP contribution in [0, 0.1) is 6.92 Å². The maximum absolute atomic E-state index is 12.0. The maximum Gasteiger partial charge on any atom is 0.411 e. The molecule has 0 aliphatic rings. The molecule has 1 N–H and O–H groups in total. The van der Waals surface area contributed by atoms with Crippen molar-refractivity contribution in [3.05, 3.63) is 26.6 Å². The van der Waals surface area contributed by atoms with Crippen LogP contribution in [0.5, 0.6) is 0 Å². The smallest absolute Gasteiger partial charge is 0.364 e. The number of thiophene rings is 1. The molecule has 2 aromatic rings. The van der Waals surface area contributed by atoms with Crippen molar-refractivity contribution in [2.45, 2.75) is 33.1 Å². The molecule has 0 bridgehead atoms. The number of hydrogen-bond donors (Lipinski definition) is 1. The second-order valence-electron chi connectivity index (χ2n) is 4.29. The minimum Gasteiger partial charge on any atom is -0.364 e. The van der Waals surface area contributed by atoms with E-state index in [4.69, 9.17) is 0 Å². The topological polar surface area (TPSA) is 55.0 Å². The lowest BCUT2D eigenvalue weighted by molar-refractivity contribution is -0.177. The van der Waals surface area contributed by atoms with Crippen molar-refractivity contribution >= 4 is 21.6 Å². The van der Waals surface area contributed by atoms with Gasteiger partial charge in [-0.1, -0.05) is 6.92 Å². The van der Waals surface area contributed by atoms with Gasteiger partial charge in [0.15, 0.2) is 0 Å². The van der Waals surface area contributed by atoms with Crippen LogP contribution in [0.1, 0.15) is 23.2 Å². The van der Waals surface area contributed by atoms with Crippen LogP contribution in [0.15, 0.2) is 4.79 Å². The van der Waals surface area contributed by atoms with E-state index in [1.54, 1.807) is 0 Å². The van der Waals surface area contributed by atoms with Gasteiger partial charge in [0.2, 0.25) is 0 Å². The molecule has 8 heteroatoms. The van der Waals surface area contributed by atoms with E-state index < -0.39 is 12.8 Å². The molecule has 20 heavy (non-hydrogen) atoms. The molecular weight excluding hydrogens is 293 g/mol. The summed E-state index contributed by atoms with van der Waals surface area (Å²) in [5.74, 6) is 0.107. The minimum atomic E-state index is -4.39. The molecule has 110 valence electrons. The van der Waals surface area contributed by atoms with Crippen molar-refractivity contribution in [2.75, 3.05) is 6.61 Å². The normalized spacial score (nSPS) is 12.2. The first kappa shape index (κ1) is 15.0. The van der Waals surface area contributed by atoms with Crippen molar-refractivity contribution < 1.29 is 17.9 Å². The fourth-order valence-corrected chi connectivity index (χ4v) is 3.11. The number of H-pyrrole nitrogens is 1. The second-order valence-corrected chi connectivity index (χ2v) is 5.49. The van der Waals surface area contributed by atoms with E-state index in [-0.39, 0.29) is 18.0 Å². The Balaban J connectivity index is 2.27. The summed E-state index contributed by atoms with van der Waals surface area (Å²) in [6.45, 7) is 2.10. The SMILES string of the molecule is CCc1c(C)sc2nc(COCC(F)(F)F)[nH]c(=O)c12. The molecule has 0 radical (unpaired) electrons. The highest BCUT2D eigenvalue weighted by molar-refractivity contribution is 7.18. The zero-order valence-corrected chi connectivity index (χ0v) is 11.7. The number of nitrogens with zero attached hydrogens (tertiary/aromatic N) is 1. The lowest BCUT2D eigenvalue weighted by atomic mass is 10.1. The van der Waals surface area contributed by atoms with Crippen molar-refractivity contribution in [3.63, 3.8) is 0 Å². The zero-order valence-electron chi connectivity index (χ0n) is 10.9. The van der Waals surface area contributed by atoms with Crippen LogP contribution in [0.25, 0.3) is 10.2 Å². The van der Waals surface area contributed by atoms with Crippen LogP contribution in [0.3, 0.4) is 0 Å². The molecule has 0 saturated carbocycles. The predicted octanol–water partition coefficient (Wildman–Crippen LogP) is 2.93. The highest BCUT2D eigenvalue weighted by Crippen LogP contribution is 2.27. The monoisotopic (exact) mass is 306 g/mol. The Bertz CT molecular complexity index is 676. The first-order valence-electron chi connectivity index (χ1n) is 5.97. The molecule has 0 saturated heterocycles. The summed E-state index contributed by atoms with van der Waals surface area (Å²) in [5.41, 5.74) is 0.600. The minimum absolute atomic E-state index is 0.107. The molecule has 2 heterocycles. The Hall–Kier alpha value is -1.41. The molecule has 0 unspecified atom stereocenters. The summed E-state index contributed by atoms with van der Waals surface area (Å²) in [7, 11) is 0. The lowest BCUT2D eigenvalue weighted by Gasteiger charge is -2.07. The predicted molar refractivity (Wildman–Crippen MR) is 70.1 cm³/mol. The third-order valence-corrected chi connectivity index (χ3v) is 3.81. The maximum atomic E-state index is 12.0. The quantitative estimate of drug-likeness (QED) is 0.945. The standard InChI is InChI=1S/C12H13F3N2O2S/c1-3-7-6(2)20-11-9(7)10(18)16-8(17-11)4-19-5-12(13,14)15/h3-5H2,1-2H3,(H,16,17,18). The molecule has 2 rings (SSSR count). The molecule has 0 aliphatic carbocycles. The van der Waals surface area contributed by atoms with Crippen LogP contribution in [0.2, 0.25) is 0 Å². The lowest BCUT2D eigenvalue weighted by Crippen LogP contribution is -2.19. The fraction of sp³-hybridized carbons (Fsp3) is 0.500. The molecule has 0 aromatic carbocycles. The Morgan fingerprint density at radius 3 is 2.70 bits per heavy atom. The van der Waals surface area contributed by atoms with Gasteiger partial charge in [0.1, 0.15) is 23.9 Å². The number of hydrogen-bond acceptors (Lipinski definition) is 4. The molecular formula is C12H13F3N2O2S. The van der Waals surface area contributed by atoms with Gasteiger partial charge in [0, 0.05) is 4.88 Å². The van der Waals surface area contributed by atoms with E-state index in [2.05, 4.69) is 14.7 Å². The van der Waals surface area contributed by atoms with E-state index >= 15 is 0 Å². The average Bonchev–Trinajstić information content (AvgIpc) is 2.63. The van der Waals surface area contributed by atoms with Gasteiger partial charge >= 0.3 is 6.18 Å². The van der Waals surface area contributed by atoms with Gasteiger partial charge in [-0.05, 0) is 18.9 Å². The number of alkyl halides is 3. The number of halogens is 3. The molecule has 0 amide bonds. The Kier molecular flexibility index (Phi) is 4.14.